The van der Waals surface area contributed by atoms with Gasteiger partial charge in [-0.2, -0.15) is 0 Å². The van der Waals surface area contributed by atoms with Crippen LogP contribution in [0.5, 0.6) is 0 Å². The Bertz CT molecular complexity index is 956. The number of ether oxygens (including phenoxy) is 1. The number of carbonyl (C=O) groups is 3. The van der Waals surface area contributed by atoms with Crippen LogP contribution in [0.1, 0.15) is 110 Å². The molecule has 0 spiro atoms. The topological polar surface area (TPSA) is 85.4 Å². The molecule has 0 aromatic heterocycles. The molecule has 242 valence electrons. The fourth-order valence-electron chi connectivity index (χ4n) is 9.81. The second kappa shape index (κ2) is 14.5. The highest BCUT2D eigenvalue weighted by Crippen LogP contribution is 2.41. The standard InChI is InChI=1S/C21H35N3O3.C13H22N2O/c1-2-27-21(26)23-13-7-17(8-14-23)22-11-9-18(10-12-22)24-19-6-4-3-5-16(19)15-20(24)25;16-13-9-10-3-1-2-4-12(10)15(13)11-5-7-14-8-6-11/h16-19H,2-15H2,1H3;10-12,14H,1-9H2/t16-,19+;10-,12+/m11/s1. The van der Waals surface area contributed by atoms with E-state index < -0.39 is 0 Å². The van der Waals surface area contributed by atoms with E-state index in [0.717, 1.165) is 90.6 Å². The van der Waals surface area contributed by atoms with Crippen LogP contribution in [-0.2, 0) is 14.3 Å². The van der Waals surface area contributed by atoms with Gasteiger partial charge in [-0.05, 0) is 96.1 Å². The minimum absolute atomic E-state index is 0.163. The molecular formula is C34H57N5O4. The molecule has 7 fully saturated rings. The Morgan fingerprint density at radius 2 is 1.16 bits per heavy atom. The fourth-order valence-corrected chi connectivity index (χ4v) is 9.81. The summed E-state index contributed by atoms with van der Waals surface area (Å²) >= 11 is 0. The average molecular weight is 600 g/mol. The van der Waals surface area contributed by atoms with Crippen LogP contribution in [0.15, 0.2) is 0 Å². The van der Waals surface area contributed by atoms with Crippen LogP contribution < -0.4 is 5.32 Å². The van der Waals surface area contributed by atoms with Crippen LogP contribution in [0.4, 0.5) is 4.79 Å². The quantitative estimate of drug-likeness (QED) is 0.516. The lowest BCUT2D eigenvalue weighted by atomic mass is 9.84. The van der Waals surface area contributed by atoms with E-state index in [2.05, 4.69) is 20.0 Å². The van der Waals surface area contributed by atoms with Gasteiger partial charge in [0, 0.05) is 69.2 Å². The number of hydrogen-bond donors (Lipinski definition) is 1. The van der Waals surface area contributed by atoms with Gasteiger partial charge in [-0.25, -0.2) is 4.79 Å². The Hall–Kier alpha value is -1.87. The summed E-state index contributed by atoms with van der Waals surface area (Å²) in [6.45, 7) is 8.28. The van der Waals surface area contributed by atoms with Crippen molar-refractivity contribution in [1.82, 2.24) is 24.9 Å². The Morgan fingerprint density at radius 1 is 0.674 bits per heavy atom. The lowest BCUT2D eigenvalue weighted by molar-refractivity contribution is -0.133. The molecular weight excluding hydrogens is 542 g/mol. The molecule has 0 aromatic carbocycles. The maximum atomic E-state index is 12.6. The second-order valence-electron chi connectivity index (χ2n) is 14.4. The van der Waals surface area contributed by atoms with Gasteiger partial charge in [-0.3, -0.25) is 9.59 Å². The van der Waals surface area contributed by atoms with E-state index in [-0.39, 0.29) is 6.09 Å². The molecule has 5 aliphatic heterocycles. The van der Waals surface area contributed by atoms with Gasteiger partial charge in [0.1, 0.15) is 0 Å². The molecule has 4 atom stereocenters. The summed E-state index contributed by atoms with van der Waals surface area (Å²) < 4.78 is 5.12. The first-order valence-electron chi connectivity index (χ1n) is 18.0. The molecule has 5 saturated heterocycles. The lowest BCUT2D eigenvalue weighted by Gasteiger charge is -2.45. The molecule has 0 unspecified atom stereocenters. The number of likely N-dealkylation sites (tertiary alicyclic amines) is 4. The number of rotatable bonds is 4. The van der Waals surface area contributed by atoms with Gasteiger partial charge >= 0.3 is 6.09 Å². The first kappa shape index (κ1) is 31.1. The van der Waals surface area contributed by atoms with Gasteiger partial charge in [0.2, 0.25) is 11.8 Å². The van der Waals surface area contributed by atoms with Gasteiger partial charge < -0.3 is 29.7 Å². The normalized spacial score (nSPS) is 33.2. The zero-order valence-electron chi connectivity index (χ0n) is 26.7. The van der Waals surface area contributed by atoms with E-state index in [1.165, 1.54) is 51.4 Å². The highest BCUT2D eigenvalue weighted by molar-refractivity contribution is 5.80. The smallest absolute Gasteiger partial charge is 0.409 e. The lowest BCUT2D eigenvalue weighted by Crippen LogP contribution is -2.53. The van der Waals surface area contributed by atoms with Crippen molar-refractivity contribution in [3.05, 3.63) is 0 Å². The number of fused-ring (bicyclic) bond motifs is 2. The maximum Gasteiger partial charge on any atom is 0.409 e. The molecule has 43 heavy (non-hydrogen) atoms. The number of amides is 3. The van der Waals surface area contributed by atoms with Crippen molar-refractivity contribution in [3.8, 4) is 0 Å². The van der Waals surface area contributed by atoms with Crippen LogP contribution in [0.2, 0.25) is 0 Å². The van der Waals surface area contributed by atoms with Crippen molar-refractivity contribution in [2.24, 2.45) is 11.8 Å². The Morgan fingerprint density at radius 3 is 1.70 bits per heavy atom. The molecule has 2 aliphatic carbocycles. The van der Waals surface area contributed by atoms with Crippen molar-refractivity contribution in [3.63, 3.8) is 0 Å². The van der Waals surface area contributed by atoms with Crippen LogP contribution in [0, 0.1) is 11.8 Å². The molecule has 0 aromatic rings. The minimum atomic E-state index is -0.163. The first-order valence-corrected chi connectivity index (χ1v) is 18.0. The van der Waals surface area contributed by atoms with Crippen molar-refractivity contribution < 1.29 is 19.1 Å². The van der Waals surface area contributed by atoms with Gasteiger partial charge in [0.25, 0.3) is 0 Å². The highest BCUT2D eigenvalue weighted by Gasteiger charge is 2.45. The van der Waals surface area contributed by atoms with E-state index in [9.17, 15) is 14.4 Å². The fraction of sp³-hybridized carbons (Fsp3) is 0.912. The van der Waals surface area contributed by atoms with Gasteiger partial charge in [0.05, 0.1) is 6.61 Å². The molecule has 7 rings (SSSR count). The van der Waals surface area contributed by atoms with Crippen LogP contribution >= 0.6 is 0 Å². The molecule has 3 amide bonds. The molecule has 0 bridgehead atoms. The average Bonchev–Trinajstić information content (AvgIpc) is 3.57. The minimum Gasteiger partial charge on any atom is -0.450 e. The molecule has 9 nitrogen and oxygen atoms in total. The van der Waals surface area contributed by atoms with E-state index in [0.29, 0.717) is 60.5 Å². The number of nitrogens with one attached hydrogen (secondary N) is 1. The Balaban J connectivity index is 0.000000174. The Labute approximate surface area is 259 Å². The van der Waals surface area contributed by atoms with Crippen LogP contribution in [0.25, 0.3) is 0 Å². The van der Waals surface area contributed by atoms with Crippen molar-refractivity contribution in [1.29, 1.82) is 0 Å². The molecule has 9 heteroatoms. The van der Waals surface area contributed by atoms with Gasteiger partial charge in [-0.1, -0.05) is 25.7 Å². The number of carbonyl (C=O) groups excluding carboxylic acids is 3. The predicted octanol–water partition coefficient (Wildman–Crippen LogP) is 4.39. The van der Waals surface area contributed by atoms with E-state index in [4.69, 9.17) is 4.74 Å². The third-order valence-electron chi connectivity index (χ3n) is 12.0. The molecule has 5 heterocycles. The van der Waals surface area contributed by atoms with Gasteiger partial charge in [0.15, 0.2) is 0 Å². The number of hydrogen-bond acceptors (Lipinski definition) is 6. The summed E-state index contributed by atoms with van der Waals surface area (Å²) in [4.78, 5) is 45.7. The predicted molar refractivity (Wildman–Crippen MR) is 167 cm³/mol. The van der Waals surface area contributed by atoms with Gasteiger partial charge in [-0.15, -0.1) is 0 Å². The summed E-state index contributed by atoms with van der Waals surface area (Å²) in [5.74, 6) is 2.20. The van der Waals surface area contributed by atoms with Crippen molar-refractivity contribution >= 4 is 17.9 Å². The summed E-state index contributed by atoms with van der Waals surface area (Å²) in [7, 11) is 0. The first-order chi connectivity index (χ1) is 21.0. The SMILES string of the molecule is CCOC(=O)N1CCC(N2CCC(N3C(=O)C[C@H]4CCCC[C@@H]43)CC2)CC1.O=C1C[C@H]2CCCC[C@@H]2N1C1CCNCC1. The molecule has 1 N–H and O–H groups in total. The third-order valence-corrected chi connectivity index (χ3v) is 12.0. The van der Waals surface area contributed by atoms with Crippen molar-refractivity contribution in [2.45, 2.75) is 140 Å². The third kappa shape index (κ3) is 7.03. The summed E-state index contributed by atoms with van der Waals surface area (Å²) in [5, 5.41) is 3.39. The molecule has 2 saturated carbocycles. The second-order valence-corrected chi connectivity index (χ2v) is 14.4. The van der Waals surface area contributed by atoms with E-state index >= 15 is 0 Å². The molecule has 7 aliphatic rings. The zero-order valence-corrected chi connectivity index (χ0v) is 26.7. The number of piperidine rings is 3. The van der Waals surface area contributed by atoms with Crippen molar-refractivity contribution in [2.75, 3.05) is 45.9 Å². The van der Waals surface area contributed by atoms with Crippen LogP contribution in [-0.4, -0.2) is 114 Å². The number of nitrogens with zero attached hydrogens (tertiary/aromatic N) is 4. The maximum absolute atomic E-state index is 12.6. The monoisotopic (exact) mass is 599 g/mol. The summed E-state index contributed by atoms with van der Waals surface area (Å²) in [5.41, 5.74) is 0. The largest absolute Gasteiger partial charge is 0.450 e. The highest BCUT2D eigenvalue weighted by atomic mass is 16.6. The Kier molecular flexibility index (Phi) is 10.5. The summed E-state index contributed by atoms with van der Waals surface area (Å²) in [6, 6.07) is 2.72. The summed E-state index contributed by atoms with van der Waals surface area (Å²) in [6.07, 6.45) is 18.4. The van der Waals surface area contributed by atoms with E-state index in [1.807, 2.05) is 11.8 Å². The van der Waals surface area contributed by atoms with Crippen LogP contribution in [0.3, 0.4) is 0 Å². The zero-order chi connectivity index (χ0) is 29.8. The van der Waals surface area contributed by atoms with E-state index in [1.54, 1.807) is 0 Å². The molecule has 0 radical (unpaired) electrons.